The predicted molar refractivity (Wildman–Crippen MR) is 97.2 cm³/mol. The van der Waals surface area contributed by atoms with E-state index in [1.165, 1.54) is 29.5 Å². The van der Waals surface area contributed by atoms with Crippen LogP contribution < -0.4 is 0 Å². The zero-order valence-electron chi connectivity index (χ0n) is 13.4. The third kappa shape index (κ3) is 7.46. The van der Waals surface area contributed by atoms with Crippen LogP contribution in [-0.2, 0) is 6.16 Å². The highest BCUT2D eigenvalue weighted by Gasteiger charge is 2.00. The zero-order chi connectivity index (χ0) is 15.2. The summed E-state index contributed by atoms with van der Waals surface area (Å²) in [6, 6.07) is 19.0. The highest BCUT2D eigenvalue weighted by atomic mass is 31.0. The van der Waals surface area contributed by atoms with Crippen LogP contribution in [0.4, 0.5) is 0 Å². The van der Waals surface area contributed by atoms with Crippen molar-refractivity contribution in [3.8, 4) is 11.1 Å². The first kappa shape index (κ1) is 18.9. The van der Waals surface area contributed by atoms with Crippen LogP contribution in [-0.4, -0.2) is 0 Å². The van der Waals surface area contributed by atoms with E-state index in [0.717, 1.165) is 6.16 Å². The van der Waals surface area contributed by atoms with Gasteiger partial charge in [-0.15, -0.1) is 9.24 Å². The second-order valence-corrected chi connectivity index (χ2v) is 5.05. The molecule has 0 amide bonds. The lowest BCUT2D eigenvalue weighted by atomic mass is 10.0. The topological polar surface area (TPSA) is 0 Å². The number of hydrogen-bond donors (Lipinski definition) is 0. The summed E-state index contributed by atoms with van der Waals surface area (Å²) < 4.78 is 0. The lowest BCUT2D eigenvalue weighted by Crippen LogP contribution is -1.84. The van der Waals surface area contributed by atoms with Gasteiger partial charge in [0.25, 0.3) is 0 Å². The number of benzene rings is 2. The van der Waals surface area contributed by atoms with Gasteiger partial charge in [0.2, 0.25) is 0 Å². The SMILES string of the molecule is CCC.CCC.PCc1ccccc1-c1ccccc1. The summed E-state index contributed by atoms with van der Waals surface area (Å²) in [5.74, 6) is 0. The van der Waals surface area contributed by atoms with E-state index >= 15 is 0 Å². The molecule has 1 atom stereocenters. The van der Waals surface area contributed by atoms with Gasteiger partial charge in [0.15, 0.2) is 0 Å². The average Bonchev–Trinajstić information content (AvgIpc) is 2.50. The van der Waals surface area contributed by atoms with Gasteiger partial charge in [-0.2, -0.15) is 0 Å². The lowest BCUT2D eigenvalue weighted by molar-refractivity contribution is 1.09. The molecule has 0 heterocycles. The Labute approximate surface area is 127 Å². The molecule has 0 aliphatic heterocycles. The summed E-state index contributed by atoms with van der Waals surface area (Å²) >= 11 is 0. The number of rotatable bonds is 2. The standard InChI is InChI=1S/C13H13P.2C3H8/c14-10-12-8-4-5-9-13(12)11-6-2-1-3-7-11;2*1-3-2/h1-9H,10,14H2;2*3H2,1-2H3. The van der Waals surface area contributed by atoms with E-state index < -0.39 is 0 Å². The fourth-order valence-corrected chi connectivity index (χ4v) is 1.95. The van der Waals surface area contributed by atoms with E-state index in [1.807, 2.05) is 6.07 Å². The van der Waals surface area contributed by atoms with Crippen LogP contribution in [0.15, 0.2) is 54.6 Å². The van der Waals surface area contributed by atoms with Crippen molar-refractivity contribution in [2.75, 3.05) is 0 Å². The van der Waals surface area contributed by atoms with Crippen LogP contribution in [0.1, 0.15) is 46.1 Å². The van der Waals surface area contributed by atoms with Gasteiger partial charge in [0.1, 0.15) is 0 Å². The van der Waals surface area contributed by atoms with Gasteiger partial charge < -0.3 is 0 Å². The van der Waals surface area contributed by atoms with E-state index in [9.17, 15) is 0 Å². The minimum absolute atomic E-state index is 1.01. The molecule has 0 saturated heterocycles. The van der Waals surface area contributed by atoms with Crippen LogP contribution in [0.5, 0.6) is 0 Å². The Hall–Kier alpha value is -1.13. The smallest absolute Gasteiger partial charge is 0.0122 e. The monoisotopic (exact) mass is 288 g/mol. The Morgan fingerprint density at radius 3 is 1.65 bits per heavy atom. The average molecular weight is 288 g/mol. The first-order valence-corrected chi connectivity index (χ1v) is 8.39. The van der Waals surface area contributed by atoms with E-state index in [1.54, 1.807) is 0 Å². The molecule has 0 bridgehead atoms. The van der Waals surface area contributed by atoms with Crippen molar-refractivity contribution in [3.05, 3.63) is 60.2 Å². The first-order chi connectivity index (χ1) is 9.74. The maximum atomic E-state index is 2.78. The number of hydrogen-bond acceptors (Lipinski definition) is 0. The molecule has 1 unspecified atom stereocenters. The minimum atomic E-state index is 1.01. The summed E-state index contributed by atoms with van der Waals surface area (Å²) in [4.78, 5) is 0. The Balaban J connectivity index is 0.000000520. The van der Waals surface area contributed by atoms with Crippen molar-refractivity contribution >= 4 is 9.24 Å². The molecule has 0 aliphatic rings. The highest BCUT2D eigenvalue weighted by molar-refractivity contribution is 7.15. The van der Waals surface area contributed by atoms with Crippen LogP contribution in [0.3, 0.4) is 0 Å². The molecule has 2 aromatic rings. The maximum Gasteiger partial charge on any atom is -0.0122 e. The molecule has 1 heteroatoms. The second kappa shape index (κ2) is 12.9. The maximum absolute atomic E-state index is 2.78. The van der Waals surface area contributed by atoms with E-state index in [-0.39, 0.29) is 0 Å². The summed E-state index contributed by atoms with van der Waals surface area (Å²) in [5, 5.41) is 0. The van der Waals surface area contributed by atoms with Crippen LogP contribution >= 0.6 is 9.24 Å². The van der Waals surface area contributed by atoms with Crippen molar-refractivity contribution in [2.24, 2.45) is 0 Å². The zero-order valence-corrected chi connectivity index (χ0v) is 14.5. The molecule has 0 saturated carbocycles. The molecule has 110 valence electrons. The Morgan fingerprint density at radius 1 is 0.700 bits per heavy atom. The fraction of sp³-hybridized carbons (Fsp3) is 0.368. The highest BCUT2D eigenvalue weighted by Crippen LogP contribution is 2.24. The quantitative estimate of drug-likeness (QED) is 0.549. The van der Waals surface area contributed by atoms with Crippen molar-refractivity contribution in [3.63, 3.8) is 0 Å². The lowest BCUT2D eigenvalue weighted by Gasteiger charge is -2.06. The van der Waals surface area contributed by atoms with Gasteiger partial charge in [-0.1, -0.05) is 95.1 Å². The van der Waals surface area contributed by atoms with Crippen LogP contribution in [0.25, 0.3) is 11.1 Å². The minimum Gasteiger partial charge on any atom is -0.133 e. The molecule has 0 aliphatic carbocycles. The van der Waals surface area contributed by atoms with Gasteiger partial charge in [-0.25, -0.2) is 0 Å². The summed E-state index contributed by atoms with van der Waals surface area (Å²) in [5.41, 5.74) is 4.01. The van der Waals surface area contributed by atoms with Crippen molar-refractivity contribution in [2.45, 2.75) is 46.7 Å². The molecule has 2 rings (SSSR count). The fourth-order valence-electron chi connectivity index (χ4n) is 1.60. The van der Waals surface area contributed by atoms with Gasteiger partial charge in [0.05, 0.1) is 0 Å². The van der Waals surface area contributed by atoms with Gasteiger partial charge in [-0.3, -0.25) is 0 Å². The van der Waals surface area contributed by atoms with Crippen LogP contribution in [0.2, 0.25) is 0 Å². The van der Waals surface area contributed by atoms with Gasteiger partial charge in [0, 0.05) is 0 Å². The molecule has 2 aromatic carbocycles. The van der Waals surface area contributed by atoms with Gasteiger partial charge >= 0.3 is 0 Å². The van der Waals surface area contributed by atoms with E-state index in [2.05, 4.69) is 85.5 Å². The predicted octanol–water partition coefficient (Wildman–Crippen LogP) is 6.56. The molecular formula is C19H29P. The molecule has 0 spiro atoms. The molecule has 0 fully saturated rings. The van der Waals surface area contributed by atoms with E-state index in [0.29, 0.717) is 0 Å². The summed E-state index contributed by atoms with van der Waals surface area (Å²) in [6.07, 6.45) is 3.51. The molecule has 0 aromatic heterocycles. The van der Waals surface area contributed by atoms with Crippen molar-refractivity contribution in [1.82, 2.24) is 0 Å². The molecule has 20 heavy (non-hydrogen) atoms. The Morgan fingerprint density at radius 2 is 1.15 bits per heavy atom. The third-order valence-electron chi connectivity index (χ3n) is 2.32. The summed E-state index contributed by atoms with van der Waals surface area (Å²) in [6.45, 7) is 8.50. The molecular weight excluding hydrogens is 259 g/mol. The largest absolute Gasteiger partial charge is 0.133 e. The van der Waals surface area contributed by atoms with Crippen molar-refractivity contribution in [1.29, 1.82) is 0 Å². The van der Waals surface area contributed by atoms with Crippen LogP contribution in [0, 0.1) is 0 Å². The third-order valence-corrected chi connectivity index (χ3v) is 2.76. The summed E-state index contributed by atoms with van der Waals surface area (Å²) in [7, 11) is 2.78. The van der Waals surface area contributed by atoms with E-state index in [4.69, 9.17) is 0 Å². The molecule has 0 radical (unpaired) electrons. The molecule has 0 N–H and O–H groups in total. The molecule has 0 nitrogen and oxygen atoms in total. The Kier molecular flexibility index (Phi) is 12.2. The van der Waals surface area contributed by atoms with Gasteiger partial charge in [-0.05, 0) is 22.9 Å². The second-order valence-electron chi connectivity index (χ2n) is 4.64. The Bertz CT molecular complexity index is 433. The normalized spacial score (nSPS) is 8.85. The van der Waals surface area contributed by atoms with Crippen molar-refractivity contribution < 1.29 is 0 Å². The first-order valence-electron chi connectivity index (χ1n) is 7.58.